The smallest absolute Gasteiger partial charge is 0.0579 e. The van der Waals surface area contributed by atoms with Crippen molar-refractivity contribution in [1.82, 2.24) is 5.32 Å². The topological polar surface area (TPSA) is 12.0 Å². The SMILES string of the molecule is C=CCSCCNC(c1ccccc1)c1ccccc1C. The fraction of sp³-hybridized carbons (Fsp3) is 0.263. The van der Waals surface area contributed by atoms with E-state index in [9.17, 15) is 0 Å². The number of hydrogen-bond acceptors (Lipinski definition) is 2. The van der Waals surface area contributed by atoms with E-state index < -0.39 is 0 Å². The highest BCUT2D eigenvalue weighted by atomic mass is 32.2. The lowest BCUT2D eigenvalue weighted by Crippen LogP contribution is -2.25. The number of benzene rings is 2. The van der Waals surface area contributed by atoms with Crippen LogP contribution in [0.25, 0.3) is 0 Å². The zero-order chi connectivity index (χ0) is 14.9. The number of thioether (sulfide) groups is 1. The lowest BCUT2D eigenvalue weighted by molar-refractivity contribution is 0.631. The second kappa shape index (κ2) is 8.71. The molecule has 0 aliphatic rings. The van der Waals surface area contributed by atoms with Crippen molar-refractivity contribution in [2.75, 3.05) is 18.1 Å². The van der Waals surface area contributed by atoms with Gasteiger partial charge in [-0.15, -0.1) is 6.58 Å². The van der Waals surface area contributed by atoms with E-state index >= 15 is 0 Å². The maximum atomic E-state index is 3.76. The van der Waals surface area contributed by atoms with E-state index in [4.69, 9.17) is 0 Å². The molecule has 1 N–H and O–H groups in total. The first-order valence-corrected chi connectivity index (χ1v) is 8.51. The molecule has 0 radical (unpaired) electrons. The van der Waals surface area contributed by atoms with Crippen LogP contribution in [0.15, 0.2) is 67.3 Å². The van der Waals surface area contributed by atoms with Crippen LogP contribution >= 0.6 is 11.8 Å². The lowest BCUT2D eigenvalue weighted by Gasteiger charge is -2.21. The Morgan fingerprint density at radius 2 is 1.81 bits per heavy atom. The Bertz CT molecular complexity index is 551. The zero-order valence-electron chi connectivity index (χ0n) is 12.6. The summed E-state index contributed by atoms with van der Waals surface area (Å²) >= 11 is 1.91. The third-order valence-electron chi connectivity index (χ3n) is 3.46. The van der Waals surface area contributed by atoms with Gasteiger partial charge in [0.05, 0.1) is 6.04 Å². The summed E-state index contributed by atoms with van der Waals surface area (Å²) in [5.74, 6) is 2.11. The highest BCUT2D eigenvalue weighted by Gasteiger charge is 2.14. The Kier molecular flexibility index (Phi) is 6.58. The molecule has 2 rings (SSSR count). The van der Waals surface area contributed by atoms with Gasteiger partial charge < -0.3 is 5.32 Å². The predicted molar refractivity (Wildman–Crippen MR) is 95.0 cm³/mol. The van der Waals surface area contributed by atoms with Crippen molar-refractivity contribution < 1.29 is 0 Å². The second-order valence-corrected chi connectivity index (χ2v) is 6.17. The zero-order valence-corrected chi connectivity index (χ0v) is 13.4. The largest absolute Gasteiger partial charge is 0.305 e. The van der Waals surface area contributed by atoms with E-state index in [0.717, 1.165) is 18.1 Å². The molecule has 0 spiro atoms. The van der Waals surface area contributed by atoms with Gasteiger partial charge in [0, 0.05) is 18.1 Å². The van der Waals surface area contributed by atoms with Gasteiger partial charge in [-0.05, 0) is 23.6 Å². The molecule has 1 atom stereocenters. The van der Waals surface area contributed by atoms with Crippen LogP contribution in [0.2, 0.25) is 0 Å². The number of rotatable bonds is 8. The van der Waals surface area contributed by atoms with E-state index in [1.807, 2.05) is 17.8 Å². The number of hydrogen-bond donors (Lipinski definition) is 1. The Morgan fingerprint density at radius 3 is 2.52 bits per heavy atom. The van der Waals surface area contributed by atoms with Crippen molar-refractivity contribution in [3.63, 3.8) is 0 Å². The van der Waals surface area contributed by atoms with Crippen molar-refractivity contribution in [3.05, 3.63) is 83.9 Å². The molecule has 0 heterocycles. The summed E-state index contributed by atoms with van der Waals surface area (Å²) in [7, 11) is 0. The highest BCUT2D eigenvalue weighted by molar-refractivity contribution is 7.99. The fourth-order valence-electron chi connectivity index (χ4n) is 2.41. The number of nitrogens with one attached hydrogen (secondary N) is 1. The molecule has 0 amide bonds. The summed E-state index contributed by atoms with van der Waals surface area (Å²) in [4.78, 5) is 0. The second-order valence-electron chi connectivity index (χ2n) is 5.02. The van der Waals surface area contributed by atoms with Crippen LogP contribution in [0.4, 0.5) is 0 Å². The Hall–Kier alpha value is -1.51. The summed E-state index contributed by atoms with van der Waals surface area (Å²) in [5, 5.41) is 3.70. The minimum absolute atomic E-state index is 0.261. The third kappa shape index (κ3) is 4.76. The van der Waals surface area contributed by atoms with Crippen molar-refractivity contribution >= 4 is 11.8 Å². The molecule has 1 unspecified atom stereocenters. The molecule has 2 aromatic rings. The van der Waals surface area contributed by atoms with E-state index in [1.165, 1.54) is 16.7 Å². The first kappa shape index (κ1) is 15.9. The summed E-state index contributed by atoms with van der Waals surface area (Å²) in [5.41, 5.74) is 4.01. The van der Waals surface area contributed by atoms with Gasteiger partial charge >= 0.3 is 0 Å². The Labute approximate surface area is 132 Å². The molecule has 0 aromatic heterocycles. The standard InChI is InChI=1S/C19H23NS/c1-3-14-21-15-13-20-19(17-10-5-4-6-11-17)18-12-8-7-9-16(18)2/h3-12,19-20H,1,13-15H2,2H3. The van der Waals surface area contributed by atoms with E-state index in [2.05, 4.69) is 73.4 Å². The molecule has 2 heteroatoms. The molecule has 0 bridgehead atoms. The Balaban J connectivity index is 2.12. The average molecular weight is 297 g/mol. The van der Waals surface area contributed by atoms with Gasteiger partial charge in [-0.3, -0.25) is 0 Å². The molecule has 0 saturated heterocycles. The van der Waals surface area contributed by atoms with E-state index in [1.54, 1.807) is 0 Å². The summed E-state index contributed by atoms with van der Waals surface area (Å²) in [6.45, 7) is 6.93. The fourth-order valence-corrected chi connectivity index (χ4v) is 3.00. The Morgan fingerprint density at radius 1 is 1.10 bits per heavy atom. The minimum atomic E-state index is 0.261. The van der Waals surface area contributed by atoms with Crippen molar-refractivity contribution in [2.24, 2.45) is 0 Å². The summed E-state index contributed by atoms with van der Waals surface area (Å²) < 4.78 is 0. The minimum Gasteiger partial charge on any atom is -0.305 e. The van der Waals surface area contributed by atoms with Crippen LogP contribution in [0.3, 0.4) is 0 Å². The molecule has 110 valence electrons. The lowest BCUT2D eigenvalue weighted by atomic mass is 9.95. The molecular formula is C19H23NS. The van der Waals surface area contributed by atoms with Crippen molar-refractivity contribution in [3.8, 4) is 0 Å². The van der Waals surface area contributed by atoms with Gasteiger partial charge in [-0.25, -0.2) is 0 Å². The van der Waals surface area contributed by atoms with E-state index in [0.29, 0.717) is 0 Å². The van der Waals surface area contributed by atoms with Crippen LogP contribution in [-0.4, -0.2) is 18.1 Å². The number of aryl methyl sites for hydroxylation is 1. The monoisotopic (exact) mass is 297 g/mol. The van der Waals surface area contributed by atoms with Crippen LogP contribution in [0.1, 0.15) is 22.7 Å². The van der Waals surface area contributed by atoms with Crippen molar-refractivity contribution in [2.45, 2.75) is 13.0 Å². The maximum absolute atomic E-state index is 3.76. The van der Waals surface area contributed by atoms with Crippen molar-refractivity contribution in [1.29, 1.82) is 0 Å². The summed E-state index contributed by atoms with van der Waals surface area (Å²) in [6, 6.07) is 19.5. The summed E-state index contributed by atoms with van der Waals surface area (Å²) in [6.07, 6.45) is 1.96. The maximum Gasteiger partial charge on any atom is 0.0579 e. The van der Waals surface area contributed by atoms with Gasteiger partial charge in [0.25, 0.3) is 0 Å². The van der Waals surface area contributed by atoms with Gasteiger partial charge in [0.15, 0.2) is 0 Å². The average Bonchev–Trinajstić information content (AvgIpc) is 2.53. The molecule has 1 nitrogen and oxygen atoms in total. The first-order valence-electron chi connectivity index (χ1n) is 7.35. The molecule has 0 fully saturated rings. The van der Waals surface area contributed by atoms with Gasteiger partial charge in [-0.1, -0.05) is 60.7 Å². The van der Waals surface area contributed by atoms with Gasteiger partial charge in [-0.2, -0.15) is 11.8 Å². The molecule has 2 aromatic carbocycles. The molecule has 0 aliphatic heterocycles. The molecule has 0 aliphatic carbocycles. The van der Waals surface area contributed by atoms with Crippen LogP contribution in [0, 0.1) is 6.92 Å². The third-order valence-corrected chi connectivity index (χ3v) is 4.43. The van der Waals surface area contributed by atoms with E-state index in [-0.39, 0.29) is 6.04 Å². The van der Waals surface area contributed by atoms with Gasteiger partial charge in [0.1, 0.15) is 0 Å². The highest BCUT2D eigenvalue weighted by Crippen LogP contribution is 2.24. The van der Waals surface area contributed by atoms with Crippen LogP contribution < -0.4 is 5.32 Å². The normalized spacial score (nSPS) is 12.0. The van der Waals surface area contributed by atoms with Crippen LogP contribution in [-0.2, 0) is 0 Å². The van der Waals surface area contributed by atoms with Gasteiger partial charge in [0.2, 0.25) is 0 Å². The molecule has 21 heavy (non-hydrogen) atoms. The quantitative estimate of drug-likeness (QED) is 0.565. The van der Waals surface area contributed by atoms with Crippen LogP contribution in [0.5, 0.6) is 0 Å². The molecular weight excluding hydrogens is 274 g/mol. The molecule has 0 saturated carbocycles. The predicted octanol–water partition coefficient (Wildman–Crippen LogP) is 4.59. The first-order chi connectivity index (χ1) is 10.3.